The predicted molar refractivity (Wildman–Crippen MR) is 61.6 cm³/mol. The van der Waals surface area contributed by atoms with Crippen molar-refractivity contribution in [3.8, 4) is 11.5 Å². The third kappa shape index (κ3) is 1.65. The summed E-state index contributed by atoms with van der Waals surface area (Å²) in [4.78, 5) is 0. The molecule has 2 unspecified atom stereocenters. The number of aryl methyl sites for hydroxylation is 1. The van der Waals surface area contributed by atoms with Crippen LogP contribution in [-0.4, -0.2) is 12.8 Å². The minimum absolute atomic E-state index is 0.349. The van der Waals surface area contributed by atoms with Gasteiger partial charge in [-0.2, -0.15) is 0 Å². The maximum atomic E-state index is 5.91. The smallest absolute Gasteiger partial charge is 0.231 e. The Hall–Kier alpha value is -1.22. The Kier molecular flexibility index (Phi) is 2.11. The molecule has 0 radical (unpaired) electrons. The van der Waals surface area contributed by atoms with Crippen LogP contribution in [0.4, 0.5) is 0 Å². The van der Waals surface area contributed by atoms with Crippen molar-refractivity contribution in [1.29, 1.82) is 0 Å². The van der Waals surface area contributed by atoms with Crippen molar-refractivity contribution in [2.24, 2.45) is 11.1 Å². The van der Waals surface area contributed by atoms with E-state index in [4.69, 9.17) is 15.2 Å². The summed E-state index contributed by atoms with van der Waals surface area (Å²) in [5.74, 6) is 1.74. The van der Waals surface area contributed by atoms with Gasteiger partial charge in [-0.15, -0.1) is 0 Å². The summed E-state index contributed by atoms with van der Waals surface area (Å²) < 4.78 is 10.6. The first-order valence-electron chi connectivity index (χ1n) is 5.81. The summed E-state index contributed by atoms with van der Waals surface area (Å²) in [5, 5.41) is 0. The molecule has 2 aliphatic rings. The molecule has 0 bridgehead atoms. The number of rotatable bonds is 3. The molecule has 1 aliphatic heterocycles. The number of ether oxygens (including phenoxy) is 2. The minimum Gasteiger partial charge on any atom is -0.454 e. The van der Waals surface area contributed by atoms with Crippen molar-refractivity contribution in [3.05, 3.63) is 23.8 Å². The van der Waals surface area contributed by atoms with Crippen LogP contribution in [0.5, 0.6) is 11.5 Å². The molecule has 1 saturated carbocycles. The zero-order chi connectivity index (χ0) is 11.2. The normalized spacial score (nSPS) is 30.5. The Balaban J connectivity index is 1.67. The SMILES string of the molecule is CC1(CCc2ccc3c(c2)OCO3)CC1N. The molecule has 1 heterocycles. The van der Waals surface area contributed by atoms with E-state index in [2.05, 4.69) is 19.1 Å². The van der Waals surface area contributed by atoms with Gasteiger partial charge in [0.25, 0.3) is 0 Å². The lowest BCUT2D eigenvalue weighted by atomic mass is 9.98. The Morgan fingerprint density at radius 2 is 2.12 bits per heavy atom. The first kappa shape index (κ1) is 9.97. The molecule has 3 heteroatoms. The summed E-state index contributed by atoms with van der Waals surface area (Å²) >= 11 is 0. The fraction of sp³-hybridized carbons (Fsp3) is 0.538. The van der Waals surface area contributed by atoms with E-state index in [0.717, 1.165) is 30.8 Å². The Bertz CT molecular complexity index is 418. The van der Waals surface area contributed by atoms with E-state index in [1.54, 1.807) is 0 Å². The molecule has 2 N–H and O–H groups in total. The van der Waals surface area contributed by atoms with Crippen LogP contribution in [0.15, 0.2) is 18.2 Å². The van der Waals surface area contributed by atoms with E-state index in [0.29, 0.717) is 18.2 Å². The molecule has 0 amide bonds. The van der Waals surface area contributed by atoms with Crippen LogP contribution >= 0.6 is 0 Å². The second-order valence-electron chi connectivity index (χ2n) is 5.15. The standard InChI is InChI=1S/C13H17NO2/c1-13(7-12(13)14)5-4-9-2-3-10-11(6-9)16-8-15-10/h2-3,6,12H,4-5,7-8,14H2,1H3. The quantitative estimate of drug-likeness (QED) is 0.846. The second kappa shape index (κ2) is 3.39. The molecular weight excluding hydrogens is 202 g/mol. The molecule has 0 aromatic heterocycles. The van der Waals surface area contributed by atoms with Gasteiger partial charge in [-0.3, -0.25) is 0 Å². The Labute approximate surface area is 95.5 Å². The number of hydrogen-bond donors (Lipinski definition) is 1. The van der Waals surface area contributed by atoms with Gasteiger partial charge in [0.1, 0.15) is 0 Å². The maximum absolute atomic E-state index is 5.91. The number of fused-ring (bicyclic) bond motifs is 1. The van der Waals surface area contributed by atoms with Crippen molar-refractivity contribution in [1.82, 2.24) is 0 Å². The molecule has 1 aromatic carbocycles. The highest BCUT2D eigenvalue weighted by molar-refractivity contribution is 5.44. The molecule has 0 spiro atoms. The lowest BCUT2D eigenvalue weighted by Crippen LogP contribution is -2.11. The summed E-state index contributed by atoms with van der Waals surface area (Å²) in [6, 6.07) is 6.60. The fourth-order valence-corrected chi connectivity index (χ4v) is 2.26. The molecule has 1 fully saturated rings. The van der Waals surface area contributed by atoms with E-state index < -0.39 is 0 Å². The third-order valence-corrected chi connectivity index (χ3v) is 3.84. The van der Waals surface area contributed by atoms with Gasteiger partial charge >= 0.3 is 0 Å². The fourth-order valence-electron chi connectivity index (χ4n) is 2.26. The van der Waals surface area contributed by atoms with Gasteiger partial charge < -0.3 is 15.2 Å². The van der Waals surface area contributed by atoms with Gasteiger partial charge in [0, 0.05) is 6.04 Å². The highest BCUT2D eigenvalue weighted by Gasteiger charge is 2.46. The van der Waals surface area contributed by atoms with Gasteiger partial charge in [-0.1, -0.05) is 13.0 Å². The van der Waals surface area contributed by atoms with Crippen LogP contribution in [-0.2, 0) is 6.42 Å². The van der Waals surface area contributed by atoms with Crippen molar-refractivity contribution in [2.45, 2.75) is 32.2 Å². The number of benzene rings is 1. The van der Waals surface area contributed by atoms with Crippen LogP contribution < -0.4 is 15.2 Å². The molecule has 0 saturated heterocycles. The van der Waals surface area contributed by atoms with Gasteiger partial charge in [0.2, 0.25) is 6.79 Å². The zero-order valence-electron chi connectivity index (χ0n) is 9.53. The second-order valence-corrected chi connectivity index (χ2v) is 5.15. The van der Waals surface area contributed by atoms with E-state index in [1.807, 2.05) is 6.07 Å². The number of nitrogens with two attached hydrogens (primary N) is 1. The average Bonchev–Trinajstić information content (AvgIpc) is 2.71. The number of hydrogen-bond acceptors (Lipinski definition) is 3. The van der Waals surface area contributed by atoms with Crippen LogP contribution in [0.1, 0.15) is 25.3 Å². The monoisotopic (exact) mass is 219 g/mol. The van der Waals surface area contributed by atoms with Gasteiger partial charge in [-0.25, -0.2) is 0 Å². The maximum Gasteiger partial charge on any atom is 0.231 e. The summed E-state index contributed by atoms with van der Waals surface area (Å²) in [6.45, 7) is 2.62. The lowest BCUT2D eigenvalue weighted by molar-refractivity contribution is 0.174. The molecule has 3 rings (SSSR count). The molecule has 1 aromatic rings. The molecule has 3 nitrogen and oxygen atoms in total. The highest BCUT2D eigenvalue weighted by Crippen LogP contribution is 2.47. The lowest BCUT2D eigenvalue weighted by Gasteiger charge is -2.09. The Morgan fingerprint density at radius 1 is 1.38 bits per heavy atom. The molecule has 2 atom stereocenters. The van der Waals surface area contributed by atoms with Crippen molar-refractivity contribution < 1.29 is 9.47 Å². The molecular formula is C13H17NO2. The first-order chi connectivity index (χ1) is 7.67. The van der Waals surface area contributed by atoms with Crippen molar-refractivity contribution in [2.75, 3.05) is 6.79 Å². The third-order valence-electron chi connectivity index (χ3n) is 3.84. The van der Waals surface area contributed by atoms with E-state index in [-0.39, 0.29) is 0 Å². The van der Waals surface area contributed by atoms with Gasteiger partial charge in [0.15, 0.2) is 11.5 Å². The zero-order valence-corrected chi connectivity index (χ0v) is 9.53. The Morgan fingerprint density at radius 3 is 2.88 bits per heavy atom. The minimum atomic E-state index is 0.349. The topological polar surface area (TPSA) is 44.5 Å². The summed E-state index contributed by atoms with van der Waals surface area (Å²) in [6.07, 6.45) is 3.40. The van der Waals surface area contributed by atoms with Gasteiger partial charge in [0.05, 0.1) is 0 Å². The van der Waals surface area contributed by atoms with Crippen LogP contribution in [0.25, 0.3) is 0 Å². The molecule has 1 aliphatic carbocycles. The van der Waals surface area contributed by atoms with E-state index >= 15 is 0 Å². The molecule has 16 heavy (non-hydrogen) atoms. The van der Waals surface area contributed by atoms with Crippen LogP contribution in [0.3, 0.4) is 0 Å². The van der Waals surface area contributed by atoms with E-state index in [1.165, 1.54) is 5.56 Å². The van der Waals surface area contributed by atoms with Crippen LogP contribution in [0.2, 0.25) is 0 Å². The average molecular weight is 219 g/mol. The van der Waals surface area contributed by atoms with Crippen LogP contribution in [0, 0.1) is 5.41 Å². The van der Waals surface area contributed by atoms with Crippen molar-refractivity contribution in [3.63, 3.8) is 0 Å². The van der Waals surface area contributed by atoms with Gasteiger partial charge in [-0.05, 0) is 42.4 Å². The summed E-state index contributed by atoms with van der Waals surface area (Å²) in [7, 11) is 0. The molecule has 86 valence electrons. The highest BCUT2D eigenvalue weighted by atomic mass is 16.7. The van der Waals surface area contributed by atoms with E-state index in [9.17, 15) is 0 Å². The largest absolute Gasteiger partial charge is 0.454 e. The van der Waals surface area contributed by atoms with Crippen molar-refractivity contribution >= 4 is 0 Å². The first-order valence-corrected chi connectivity index (χ1v) is 5.81. The predicted octanol–water partition coefficient (Wildman–Crippen LogP) is 2.09. The summed E-state index contributed by atoms with van der Waals surface area (Å²) in [5.41, 5.74) is 7.59.